The summed E-state index contributed by atoms with van der Waals surface area (Å²) in [6.45, 7) is 0. The maximum absolute atomic E-state index is 12.6. The molecule has 0 aliphatic carbocycles. The Morgan fingerprint density at radius 3 is 0.949 bits per heavy atom. The fourth-order valence-electron chi connectivity index (χ4n) is 3.50. The smallest absolute Gasteiger partial charge is 0.444 e. The summed E-state index contributed by atoms with van der Waals surface area (Å²) in [5, 5.41) is 0. The van der Waals surface area contributed by atoms with Crippen molar-refractivity contribution in [2.24, 2.45) is 0 Å². The molecule has 1 aliphatic heterocycles. The summed E-state index contributed by atoms with van der Waals surface area (Å²) in [7, 11) is -6.56. The van der Waals surface area contributed by atoms with Gasteiger partial charge in [0.1, 0.15) is 0 Å². The van der Waals surface area contributed by atoms with E-state index in [-0.39, 0.29) is 0 Å². The molecule has 0 unspecified atom stereocenters. The van der Waals surface area contributed by atoms with E-state index >= 15 is 0 Å². The first-order valence-electron chi connectivity index (χ1n) is 11.3. The molecule has 4 rings (SSSR count). The van der Waals surface area contributed by atoms with E-state index in [2.05, 4.69) is 0 Å². The highest BCUT2D eigenvalue weighted by Gasteiger charge is 2.45. The van der Waals surface area contributed by atoms with Crippen molar-refractivity contribution >= 4 is 68.4 Å². The van der Waals surface area contributed by atoms with E-state index < -0.39 is 52.0 Å². The predicted octanol–water partition coefficient (Wildman–Crippen LogP) is -3.40. The SMILES string of the molecule is CN(C)S(=O)(=O)n1ccc(B2OB(c3ccn(S(=O)(=O)N(C)C)c3)OB(c3ccn(S(=O)(=O)N(C)C)c3)O2)c1. The summed E-state index contributed by atoms with van der Waals surface area (Å²) in [6.07, 6.45) is 7.96. The molecule has 1 saturated heterocycles. The lowest BCUT2D eigenvalue weighted by molar-refractivity contribution is 0.308. The maximum atomic E-state index is 12.6. The average Bonchev–Trinajstić information content (AvgIpc) is 3.64. The van der Waals surface area contributed by atoms with Gasteiger partial charge >= 0.3 is 52.0 Å². The minimum absolute atomic E-state index is 0.333. The van der Waals surface area contributed by atoms with Crippen molar-refractivity contribution in [2.75, 3.05) is 42.3 Å². The third-order valence-corrected chi connectivity index (χ3v) is 10.9. The highest BCUT2D eigenvalue weighted by Crippen LogP contribution is 2.13. The topological polar surface area (TPSA) is 155 Å². The quantitative estimate of drug-likeness (QED) is 0.229. The maximum Gasteiger partial charge on any atom is 0.468 e. The first-order valence-corrected chi connectivity index (χ1v) is 15.5. The van der Waals surface area contributed by atoms with Gasteiger partial charge in [0.2, 0.25) is 0 Å². The zero-order chi connectivity index (χ0) is 28.9. The largest absolute Gasteiger partial charge is 0.468 e. The van der Waals surface area contributed by atoms with Crippen LogP contribution in [0.25, 0.3) is 0 Å². The van der Waals surface area contributed by atoms with Crippen LogP contribution in [0.1, 0.15) is 0 Å². The van der Waals surface area contributed by atoms with E-state index in [1.807, 2.05) is 0 Å². The van der Waals surface area contributed by atoms with Gasteiger partial charge < -0.3 is 13.7 Å². The zero-order valence-corrected chi connectivity index (χ0v) is 24.5. The molecule has 15 nitrogen and oxygen atoms in total. The predicted molar refractivity (Wildman–Crippen MR) is 147 cm³/mol. The molecule has 0 N–H and O–H groups in total. The van der Waals surface area contributed by atoms with E-state index in [0.29, 0.717) is 16.4 Å². The minimum Gasteiger partial charge on any atom is -0.444 e. The van der Waals surface area contributed by atoms with E-state index in [0.717, 1.165) is 24.8 Å². The van der Waals surface area contributed by atoms with Gasteiger partial charge in [-0.15, -0.1) is 0 Å². The monoisotopic (exact) mass is 600 g/mol. The lowest BCUT2D eigenvalue weighted by Crippen LogP contribution is -2.61. The summed E-state index contributed by atoms with van der Waals surface area (Å²) in [4.78, 5) is 0. The second-order valence-electron chi connectivity index (χ2n) is 9.10. The summed E-state index contributed by atoms with van der Waals surface area (Å²) in [5.74, 6) is 0. The van der Waals surface area contributed by atoms with Crippen molar-refractivity contribution in [2.45, 2.75) is 0 Å². The van der Waals surface area contributed by atoms with Gasteiger partial charge in [-0.2, -0.15) is 38.2 Å². The lowest BCUT2D eigenvalue weighted by Gasteiger charge is -2.30. The van der Waals surface area contributed by atoms with Crippen molar-refractivity contribution in [3.8, 4) is 0 Å². The average molecular weight is 600 g/mol. The van der Waals surface area contributed by atoms with Crippen LogP contribution in [-0.4, -0.2) is 114 Å². The van der Waals surface area contributed by atoms with Gasteiger partial charge in [0.25, 0.3) is 0 Å². The van der Waals surface area contributed by atoms with Gasteiger partial charge in [-0.1, -0.05) is 0 Å². The Bertz CT molecular complexity index is 1460. The van der Waals surface area contributed by atoms with Crippen molar-refractivity contribution in [3.05, 3.63) is 55.4 Å². The summed E-state index contributed by atoms with van der Waals surface area (Å²) < 4.78 is 99.4. The molecule has 3 aromatic rings. The van der Waals surface area contributed by atoms with E-state index in [4.69, 9.17) is 13.7 Å². The Balaban J connectivity index is 1.72. The molecule has 21 heteroatoms. The molecule has 210 valence electrons. The molecule has 0 amide bonds. The first kappa shape index (κ1) is 29.6. The summed E-state index contributed by atoms with van der Waals surface area (Å²) >= 11 is 0. The van der Waals surface area contributed by atoms with Crippen LogP contribution in [0.15, 0.2) is 55.4 Å². The molecule has 39 heavy (non-hydrogen) atoms. The minimum atomic E-state index is -3.81. The van der Waals surface area contributed by atoms with Crippen molar-refractivity contribution in [1.82, 2.24) is 24.8 Å². The molecule has 3 aromatic heterocycles. The van der Waals surface area contributed by atoms with Gasteiger partial charge in [0.15, 0.2) is 0 Å². The second kappa shape index (κ2) is 10.6. The molecule has 4 heterocycles. The fourth-order valence-corrected chi connectivity index (χ4v) is 6.04. The Morgan fingerprint density at radius 2 is 0.744 bits per heavy atom. The van der Waals surface area contributed by atoms with Crippen molar-refractivity contribution in [3.63, 3.8) is 0 Å². The molecule has 0 saturated carbocycles. The Labute approximate surface area is 229 Å². The molecule has 0 atom stereocenters. The molecule has 0 bridgehead atoms. The molecule has 1 fully saturated rings. The van der Waals surface area contributed by atoms with Gasteiger partial charge in [-0.05, 0) is 34.6 Å². The van der Waals surface area contributed by atoms with E-state index in [1.165, 1.54) is 97.7 Å². The first-order chi connectivity index (χ1) is 18.0. The van der Waals surface area contributed by atoms with E-state index in [9.17, 15) is 25.3 Å². The number of hydrogen-bond acceptors (Lipinski definition) is 9. The molecular formula is C18H27B3N6O9S3. The number of aromatic nitrogens is 3. The molecular weight excluding hydrogens is 573 g/mol. The second-order valence-corrected chi connectivity index (χ2v) is 15.2. The highest BCUT2D eigenvalue weighted by atomic mass is 32.2. The lowest BCUT2D eigenvalue weighted by atomic mass is 9.63. The number of rotatable bonds is 9. The fraction of sp³-hybridized carbons (Fsp3) is 0.333. The Morgan fingerprint density at radius 1 is 0.513 bits per heavy atom. The third-order valence-electron chi connectivity index (χ3n) is 5.81. The van der Waals surface area contributed by atoms with Gasteiger partial charge in [-0.25, -0.2) is 11.9 Å². The number of nitrogens with zero attached hydrogens (tertiary/aromatic N) is 6. The van der Waals surface area contributed by atoms with E-state index in [1.54, 1.807) is 0 Å². The molecule has 0 aromatic carbocycles. The van der Waals surface area contributed by atoms with Crippen LogP contribution in [-0.2, 0) is 44.3 Å². The standard InChI is InChI=1S/C18H27B3N6O9S3/c1-22(2)37(28,29)25-10-7-16(13-25)19-34-20(17-8-11-26(14-17)38(30,31)23(3)4)36-21(35-19)18-9-12-27(15-18)39(32,33)24(5)6/h7-15H,1-6H3. The highest BCUT2D eigenvalue weighted by molar-refractivity contribution is 7.88. The summed E-state index contributed by atoms with van der Waals surface area (Å²) in [5.41, 5.74) is 0.998. The Hall–Kier alpha value is -2.36. The van der Waals surface area contributed by atoms with Gasteiger partial charge in [0, 0.05) is 79.5 Å². The van der Waals surface area contributed by atoms with Crippen LogP contribution in [0.3, 0.4) is 0 Å². The Kier molecular flexibility index (Phi) is 8.02. The third kappa shape index (κ3) is 5.63. The van der Waals surface area contributed by atoms with Crippen LogP contribution in [0.2, 0.25) is 0 Å². The van der Waals surface area contributed by atoms with Gasteiger partial charge in [0.05, 0.1) is 0 Å². The van der Waals surface area contributed by atoms with Crippen LogP contribution >= 0.6 is 0 Å². The van der Waals surface area contributed by atoms with Gasteiger partial charge in [-0.3, -0.25) is 0 Å². The van der Waals surface area contributed by atoms with Crippen molar-refractivity contribution < 1.29 is 39.0 Å². The molecule has 0 radical (unpaired) electrons. The normalized spacial score (nSPS) is 15.8. The van der Waals surface area contributed by atoms with Crippen LogP contribution < -0.4 is 16.4 Å². The van der Waals surface area contributed by atoms with Crippen molar-refractivity contribution in [1.29, 1.82) is 0 Å². The van der Waals surface area contributed by atoms with Crippen LogP contribution in [0.5, 0.6) is 0 Å². The molecule has 0 spiro atoms. The molecule has 1 aliphatic rings. The zero-order valence-electron chi connectivity index (χ0n) is 22.0. The van der Waals surface area contributed by atoms with Crippen LogP contribution in [0, 0.1) is 0 Å². The number of hydrogen-bond donors (Lipinski definition) is 0. The van der Waals surface area contributed by atoms with Crippen LogP contribution in [0.4, 0.5) is 0 Å². The summed E-state index contributed by atoms with van der Waals surface area (Å²) in [6, 6.07) is 4.48.